The van der Waals surface area contributed by atoms with E-state index in [1.165, 1.54) is 20.0 Å². The minimum atomic E-state index is -0.117. The Morgan fingerprint density at radius 2 is 2.13 bits per heavy atom. The van der Waals surface area contributed by atoms with E-state index in [1.807, 2.05) is 0 Å². The van der Waals surface area contributed by atoms with Gasteiger partial charge in [-0.05, 0) is 37.1 Å². The van der Waals surface area contributed by atoms with E-state index in [0.29, 0.717) is 11.3 Å². The van der Waals surface area contributed by atoms with Crippen molar-refractivity contribution in [3.05, 3.63) is 0 Å². The molecule has 0 saturated carbocycles. The molecule has 0 spiro atoms. The zero-order valence-electron chi connectivity index (χ0n) is 10.3. The predicted molar refractivity (Wildman–Crippen MR) is 60.6 cm³/mol. The maximum absolute atomic E-state index is 11.4. The quantitative estimate of drug-likeness (QED) is 0.713. The van der Waals surface area contributed by atoms with E-state index in [9.17, 15) is 4.79 Å². The summed E-state index contributed by atoms with van der Waals surface area (Å²) >= 11 is 0. The Morgan fingerprint density at radius 3 is 2.67 bits per heavy atom. The molecule has 0 amide bonds. The first-order chi connectivity index (χ1) is 6.92. The van der Waals surface area contributed by atoms with Crippen LogP contribution in [0.2, 0.25) is 0 Å². The zero-order chi connectivity index (χ0) is 11.5. The normalized spacial score (nSPS) is 27.5. The lowest BCUT2D eigenvalue weighted by atomic mass is 9.79. The van der Waals surface area contributed by atoms with E-state index in [1.54, 1.807) is 0 Å². The monoisotopic (exact) mass is 213 g/mol. The van der Waals surface area contributed by atoms with Gasteiger partial charge in [0.2, 0.25) is 0 Å². The topological polar surface area (TPSA) is 38.3 Å². The second-order valence-electron chi connectivity index (χ2n) is 5.69. The van der Waals surface area contributed by atoms with Crippen LogP contribution in [0.4, 0.5) is 0 Å². The number of ether oxygens (including phenoxy) is 1. The number of carbonyl (C=O) groups excluding carboxylic acids is 1. The fourth-order valence-corrected chi connectivity index (χ4v) is 2.37. The number of esters is 1. The molecule has 1 aliphatic heterocycles. The van der Waals surface area contributed by atoms with Crippen molar-refractivity contribution in [2.75, 3.05) is 13.7 Å². The lowest BCUT2D eigenvalue weighted by Gasteiger charge is -2.32. The second-order valence-corrected chi connectivity index (χ2v) is 5.69. The van der Waals surface area contributed by atoms with Crippen LogP contribution in [0.15, 0.2) is 0 Å². The molecule has 3 nitrogen and oxygen atoms in total. The first-order valence-electron chi connectivity index (χ1n) is 5.73. The molecule has 0 aromatic rings. The molecule has 1 saturated heterocycles. The van der Waals surface area contributed by atoms with Gasteiger partial charge in [-0.25, -0.2) is 0 Å². The number of nitrogens with one attached hydrogen (secondary N) is 1. The van der Waals surface area contributed by atoms with Crippen LogP contribution in [-0.2, 0) is 9.53 Å². The van der Waals surface area contributed by atoms with E-state index in [0.717, 1.165) is 13.0 Å². The van der Waals surface area contributed by atoms with Crippen molar-refractivity contribution < 1.29 is 9.53 Å². The van der Waals surface area contributed by atoms with Gasteiger partial charge in [-0.1, -0.05) is 20.8 Å². The summed E-state index contributed by atoms with van der Waals surface area (Å²) < 4.78 is 4.77. The van der Waals surface area contributed by atoms with Crippen LogP contribution in [0.3, 0.4) is 0 Å². The highest BCUT2D eigenvalue weighted by atomic mass is 16.5. The van der Waals surface area contributed by atoms with E-state index in [4.69, 9.17) is 4.74 Å². The van der Waals surface area contributed by atoms with Crippen LogP contribution in [0.25, 0.3) is 0 Å². The van der Waals surface area contributed by atoms with Crippen molar-refractivity contribution in [3.63, 3.8) is 0 Å². The molecule has 1 rings (SSSR count). The van der Waals surface area contributed by atoms with Gasteiger partial charge in [-0.15, -0.1) is 0 Å². The molecular weight excluding hydrogens is 190 g/mol. The Morgan fingerprint density at radius 1 is 1.47 bits per heavy atom. The van der Waals surface area contributed by atoms with Crippen LogP contribution in [0.1, 0.15) is 40.0 Å². The smallest absolute Gasteiger partial charge is 0.322 e. The lowest BCUT2D eigenvalue weighted by molar-refractivity contribution is -0.144. The van der Waals surface area contributed by atoms with E-state index >= 15 is 0 Å². The molecule has 3 heteroatoms. The molecule has 1 aliphatic rings. The summed E-state index contributed by atoms with van der Waals surface area (Å²) in [7, 11) is 1.46. The molecule has 1 fully saturated rings. The SMILES string of the molecule is COC(=O)C1CC(CC(C)(C)C)CCN1. The first-order valence-corrected chi connectivity index (χ1v) is 5.73. The molecule has 2 unspecified atom stereocenters. The van der Waals surface area contributed by atoms with Crippen LogP contribution in [0.5, 0.6) is 0 Å². The summed E-state index contributed by atoms with van der Waals surface area (Å²) in [5, 5.41) is 3.21. The molecule has 0 aliphatic carbocycles. The van der Waals surface area contributed by atoms with Crippen molar-refractivity contribution in [1.82, 2.24) is 5.32 Å². The standard InChI is InChI=1S/C12H23NO2/c1-12(2,3)8-9-5-6-13-10(7-9)11(14)15-4/h9-10,13H,5-8H2,1-4H3. The number of hydrogen-bond acceptors (Lipinski definition) is 3. The van der Waals surface area contributed by atoms with Crippen molar-refractivity contribution >= 4 is 5.97 Å². The largest absolute Gasteiger partial charge is 0.468 e. The summed E-state index contributed by atoms with van der Waals surface area (Å²) in [5.41, 5.74) is 0.350. The van der Waals surface area contributed by atoms with Crippen LogP contribution in [-0.4, -0.2) is 25.7 Å². The molecule has 1 heterocycles. The van der Waals surface area contributed by atoms with E-state index in [-0.39, 0.29) is 12.0 Å². The van der Waals surface area contributed by atoms with Crippen LogP contribution >= 0.6 is 0 Å². The fourth-order valence-electron chi connectivity index (χ4n) is 2.37. The van der Waals surface area contributed by atoms with E-state index in [2.05, 4.69) is 26.1 Å². The molecule has 2 atom stereocenters. The Hall–Kier alpha value is -0.570. The zero-order valence-corrected chi connectivity index (χ0v) is 10.3. The van der Waals surface area contributed by atoms with Gasteiger partial charge in [0.05, 0.1) is 7.11 Å². The molecule has 1 N–H and O–H groups in total. The Kier molecular flexibility index (Phi) is 4.14. The third-order valence-electron chi connectivity index (χ3n) is 2.90. The van der Waals surface area contributed by atoms with Gasteiger partial charge >= 0.3 is 5.97 Å². The number of hydrogen-bond donors (Lipinski definition) is 1. The number of carbonyl (C=O) groups is 1. The van der Waals surface area contributed by atoms with E-state index < -0.39 is 0 Å². The molecule has 0 aromatic heterocycles. The van der Waals surface area contributed by atoms with Gasteiger partial charge in [-0.2, -0.15) is 0 Å². The fraction of sp³-hybridized carbons (Fsp3) is 0.917. The molecule has 88 valence electrons. The third kappa shape index (κ3) is 4.20. The minimum Gasteiger partial charge on any atom is -0.468 e. The third-order valence-corrected chi connectivity index (χ3v) is 2.90. The Bertz CT molecular complexity index is 220. The average Bonchev–Trinajstić information content (AvgIpc) is 2.14. The highest BCUT2D eigenvalue weighted by molar-refractivity contribution is 5.75. The summed E-state index contributed by atoms with van der Waals surface area (Å²) in [6.45, 7) is 7.69. The lowest BCUT2D eigenvalue weighted by Crippen LogP contribution is -2.44. The van der Waals surface area contributed by atoms with Gasteiger partial charge in [0.15, 0.2) is 0 Å². The maximum atomic E-state index is 11.4. The number of methoxy groups -OCH3 is 1. The highest BCUT2D eigenvalue weighted by Crippen LogP contribution is 2.30. The Labute approximate surface area is 92.6 Å². The van der Waals surface area contributed by atoms with Crippen molar-refractivity contribution in [3.8, 4) is 0 Å². The molecule has 0 radical (unpaired) electrons. The van der Waals surface area contributed by atoms with Gasteiger partial charge < -0.3 is 10.1 Å². The number of piperidine rings is 1. The minimum absolute atomic E-state index is 0.0869. The van der Waals surface area contributed by atoms with Crippen LogP contribution < -0.4 is 5.32 Å². The summed E-state index contributed by atoms with van der Waals surface area (Å²) in [4.78, 5) is 11.4. The summed E-state index contributed by atoms with van der Waals surface area (Å²) in [5.74, 6) is 0.531. The molecular formula is C12H23NO2. The highest BCUT2D eigenvalue weighted by Gasteiger charge is 2.29. The van der Waals surface area contributed by atoms with Crippen LogP contribution in [0, 0.1) is 11.3 Å². The molecule has 15 heavy (non-hydrogen) atoms. The number of rotatable bonds is 2. The van der Waals surface area contributed by atoms with Gasteiger partial charge in [0.1, 0.15) is 6.04 Å². The van der Waals surface area contributed by atoms with Crippen molar-refractivity contribution in [2.24, 2.45) is 11.3 Å². The summed E-state index contributed by atoms with van der Waals surface area (Å²) in [6, 6.07) is -0.0869. The Balaban J connectivity index is 2.46. The summed E-state index contributed by atoms with van der Waals surface area (Å²) in [6.07, 6.45) is 3.27. The van der Waals surface area contributed by atoms with Crippen molar-refractivity contribution in [2.45, 2.75) is 46.1 Å². The van der Waals surface area contributed by atoms with Gasteiger partial charge in [-0.3, -0.25) is 4.79 Å². The maximum Gasteiger partial charge on any atom is 0.322 e. The second kappa shape index (κ2) is 4.97. The van der Waals surface area contributed by atoms with Crippen molar-refractivity contribution in [1.29, 1.82) is 0 Å². The predicted octanol–water partition coefficient (Wildman–Crippen LogP) is 1.96. The van der Waals surface area contributed by atoms with Gasteiger partial charge in [0.25, 0.3) is 0 Å². The molecule has 0 bridgehead atoms. The van der Waals surface area contributed by atoms with Gasteiger partial charge in [0, 0.05) is 0 Å². The average molecular weight is 213 g/mol. The molecule has 0 aromatic carbocycles. The first kappa shape index (κ1) is 12.5.